The Hall–Kier alpha value is 0.870. The van der Waals surface area contributed by atoms with Crippen molar-refractivity contribution in [2.24, 2.45) is 0 Å². The van der Waals surface area contributed by atoms with E-state index < -0.39 is 10.1 Å². The van der Waals surface area contributed by atoms with Crippen LogP contribution in [0.15, 0.2) is 0 Å². The van der Waals surface area contributed by atoms with E-state index in [4.69, 9.17) is 9.29 Å². The summed E-state index contributed by atoms with van der Waals surface area (Å²) in [7, 11) is -3.96. The first-order chi connectivity index (χ1) is 11.3. The predicted molar refractivity (Wildman–Crippen MR) is 103 cm³/mol. The quantitative estimate of drug-likeness (QED) is 0.236. The third-order valence-corrected chi connectivity index (χ3v) is 5.03. The summed E-state index contributed by atoms with van der Waals surface area (Å²) in [6.45, 7) is 6.03. The Morgan fingerprint density at radius 2 is 1.24 bits per heavy atom. The summed E-state index contributed by atoms with van der Waals surface area (Å²) in [6, 6.07) is 0. The molecule has 0 saturated carbocycles. The van der Waals surface area contributed by atoms with Gasteiger partial charge in [-0.3, -0.25) is 4.55 Å². The molecule has 0 radical (unpaired) electrons. The van der Waals surface area contributed by atoms with Gasteiger partial charge in [0.05, 0.1) is 12.2 Å². The first kappa shape index (κ1) is 28.1. The van der Waals surface area contributed by atoms with Crippen molar-refractivity contribution < 1.29 is 48.7 Å². The standard InChI is InChI=1S/C19H40O4S.Na.H/c1-4-5-6-7-8-9-10-11-12-13-14-15-16-19(23-18(2)3)17-24(20,21)22;;/h18-19H,4-17H2,1-3H3,(H,20,21,22);;/q;+1;-1. The van der Waals surface area contributed by atoms with Crippen molar-refractivity contribution >= 4 is 10.1 Å². The molecule has 4 nitrogen and oxygen atoms in total. The fraction of sp³-hybridized carbons (Fsp3) is 1.00. The minimum absolute atomic E-state index is 0. The van der Waals surface area contributed by atoms with E-state index in [0.29, 0.717) is 6.42 Å². The molecular formula is C19H41NaO4S. The molecule has 25 heavy (non-hydrogen) atoms. The van der Waals surface area contributed by atoms with Crippen LogP contribution in [0.2, 0.25) is 0 Å². The smallest absolute Gasteiger partial charge is 1.00 e. The molecule has 0 aromatic rings. The van der Waals surface area contributed by atoms with Gasteiger partial charge >= 0.3 is 29.6 Å². The number of hydrogen-bond donors (Lipinski definition) is 1. The van der Waals surface area contributed by atoms with Gasteiger partial charge in [0.1, 0.15) is 5.75 Å². The van der Waals surface area contributed by atoms with E-state index >= 15 is 0 Å². The number of unbranched alkanes of at least 4 members (excludes halogenated alkanes) is 11. The van der Waals surface area contributed by atoms with Crippen molar-refractivity contribution in [3.8, 4) is 0 Å². The molecule has 0 aliphatic heterocycles. The molecule has 0 fully saturated rings. The summed E-state index contributed by atoms with van der Waals surface area (Å²) in [5.74, 6) is -0.288. The Balaban J connectivity index is -0.00000264. The summed E-state index contributed by atoms with van der Waals surface area (Å²) in [5, 5.41) is 0. The third kappa shape index (κ3) is 22.8. The van der Waals surface area contributed by atoms with E-state index in [9.17, 15) is 8.42 Å². The Kier molecular flexibility index (Phi) is 20.5. The van der Waals surface area contributed by atoms with E-state index in [1.54, 1.807) is 0 Å². The van der Waals surface area contributed by atoms with Crippen LogP contribution in [0, 0.1) is 0 Å². The van der Waals surface area contributed by atoms with E-state index in [1.807, 2.05) is 13.8 Å². The fourth-order valence-electron chi connectivity index (χ4n) is 3.02. The van der Waals surface area contributed by atoms with E-state index in [2.05, 4.69) is 6.92 Å². The molecule has 0 rings (SSSR count). The van der Waals surface area contributed by atoms with Crippen LogP contribution in [-0.4, -0.2) is 30.9 Å². The molecule has 0 amide bonds. The van der Waals surface area contributed by atoms with Crippen molar-refractivity contribution in [1.29, 1.82) is 0 Å². The molecule has 0 aromatic carbocycles. The molecule has 0 aliphatic rings. The molecule has 0 spiro atoms. The Morgan fingerprint density at radius 1 is 0.840 bits per heavy atom. The molecule has 0 aliphatic carbocycles. The van der Waals surface area contributed by atoms with Crippen molar-refractivity contribution in [3.05, 3.63) is 0 Å². The maximum atomic E-state index is 11.0. The summed E-state index contributed by atoms with van der Waals surface area (Å²) in [4.78, 5) is 0. The van der Waals surface area contributed by atoms with Crippen molar-refractivity contribution in [3.63, 3.8) is 0 Å². The van der Waals surface area contributed by atoms with Crippen LogP contribution >= 0.6 is 0 Å². The van der Waals surface area contributed by atoms with Crippen molar-refractivity contribution in [2.75, 3.05) is 5.75 Å². The van der Waals surface area contributed by atoms with Crippen LogP contribution in [0.1, 0.15) is 106 Å². The maximum Gasteiger partial charge on any atom is 1.00 e. The maximum absolute atomic E-state index is 11.0. The molecule has 148 valence electrons. The Labute approximate surface area is 180 Å². The number of rotatable bonds is 17. The minimum atomic E-state index is -3.96. The van der Waals surface area contributed by atoms with Gasteiger partial charge in [-0.2, -0.15) is 8.42 Å². The summed E-state index contributed by atoms with van der Waals surface area (Å²) < 4.78 is 36.6. The van der Waals surface area contributed by atoms with Crippen LogP contribution < -0.4 is 29.6 Å². The van der Waals surface area contributed by atoms with Crippen LogP contribution in [-0.2, 0) is 14.9 Å². The molecular weight excluding hydrogens is 347 g/mol. The monoisotopic (exact) mass is 388 g/mol. The zero-order valence-corrected chi connectivity index (χ0v) is 20.0. The summed E-state index contributed by atoms with van der Waals surface area (Å²) in [5.41, 5.74) is 0. The number of ether oxygens (including phenoxy) is 1. The second-order valence-corrected chi connectivity index (χ2v) is 8.73. The first-order valence-electron chi connectivity index (χ1n) is 9.95. The van der Waals surface area contributed by atoms with Crippen LogP contribution in [0.4, 0.5) is 0 Å². The molecule has 1 N–H and O–H groups in total. The van der Waals surface area contributed by atoms with Gasteiger partial charge in [0, 0.05) is 0 Å². The van der Waals surface area contributed by atoms with Gasteiger partial charge < -0.3 is 6.16 Å². The number of hydrogen-bond acceptors (Lipinski definition) is 3. The summed E-state index contributed by atoms with van der Waals surface area (Å²) in [6.07, 6.45) is 15.7. The van der Waals surface area contributed by atoms with E-state index in [0.717, 1.165) is 12.8 Å². The predicted octanol–water partition coefficient (Wildman–Crippen LogP) is 2.88. The van der Waals surface area contributed by atoms with Crippen LogP contribution in [0.5, 0.6) is 0 Å². The molecule has 6 heteroatoms. The van der Waals surface area contributed by atoms with Crippen LogP contribution in [0.25, 0.3) is 0 Å². The average Bonchev–Trinajstić information content (AvgIpc) is 2.46. The Morgan fingerprint density at radius 3 is 1.60 bits per heavy atom. The molecule has 0 aromatic heterocycles. The average molecular weight is 389 g/mol. The SMILES string of the molecule is CCCCCCCCCCCCCCC(CS(=O)(=O)O)OC(C)C.[H-].[Na+]. The molecule has 0 saturated heterocycles. The van der Waals surface area contributed by atoms with Crippen molar-refractivity contribution in [1.82, 2.24) is 0 Å². The largest absolute Gasteiger partial charge is 1.00 e. The van der Waals surface area contributed by atoms with Gasteiger partial charge in [-0.05, 0) is 20.3 Å². The second kappa shape index (κ2) is 18.2. The zero-order chi connectivity index (χ0) is 18.3. The van der Waals surface area contributed by atoms with E-state index in [1.165, 1.54) is 64.2 Å². The van der Waals surface area contributed by atoms with Gasteiger partial charge in [-0.25, -0.2) is 0 Å². The topological polar surface area (TPSA) is 63.6 Å². The zero-order valence-electron chi connectivity index (χ0n) is 18.1. The van der Waals surface area contributed by atoms with Gasteiger partial charge in [-0.15, -0.1) is 0 Å². The van der Waals surface area contributed by atoms with Crippen LogP contribution in [0.3, 0.4) is 0 Å². The fourth-order valence-corrected chi connectivity index (χ4v) is 3.74. The molecule has 0 bridgehead atoms. The normalized spacial score (nSPS) is 13.0. The molecule has 1 atom stereocenters. The van der Waals surface area contributed by atoms with Gasteiger partial charge in [-0.1, -0.05) is 84.0 Å². The van der Waals surface area contributed by atoms with Crippen molar-refractivity contribution in [2.45, 2.75) is 116 Å². The summed E-state index contributed by atoms with van der Waals surface area (Å²) >= 11 is 0. The second-order valence-electron chi connectivity index (χ2n) is 7.23. The first-order valence-corrected chi connectivity index (χ1v) is 11.6. The molecule has 0 heterocycles. The van der Waals surface area contributed by atoms with E-state index in [-0.39, 0.29) is 48.9 Å². The Bertz CT molecular complexity index is 378. The third-order valence-electron chi connectivity index (χ3n) is 4.24. The van der Waals surface area contributed by atoms with Gasteiger partial charge in [0.15, 0.2) is 0 Å². The minimum Gasteiger partial charge on any atom is -1.00 e. The molecule has 1 unspecified atom stereocenters. The van der Waals surface area contributed by atoms with Gasteiger partial charge in [0.25, 0.3) is 10.1 Å². The van der Waals surface area contributed by atoms with Gasteiger partial charge in [0.2, 0.25) is 0 Å².